The van der Waals surface area contributed by atoms with E-state index in [1.807, 2.05) is 63.3 Å². The maximum Gasteiger partial charge on any atom is 0.0658 e. The van der Waals surface area contributed by atoms with Gasteiger partial charge in [0.05, 0.1) is 11.2 Å². The molecular weight excluding hydrogens is 268 g/mol. The Morgan fingerprint density at radius 1 is 1.23 bits per heavy atom. The van der Waals surface area contributed by atoms with Crippen LogP contribution in [0.25, 0.3) is 0 Å². The first kappa shape index (κ1) is 18.1. The van der Waals surface area contributed by atoms with Gasteiger partial charge in [0, 0.05) is 12.1 Å². The Balaban J connectivity index is 2.93. The number of hydrogen-bond donors (Lipinski definition) is 1. The summed E-state index contributed by atoms with van der Waals surface area (Å²) in [5.74, 6) is 0. The van der Waals surface area contributed by atoms with E-state index in [-0.39, 0.29) is 0 Å². The second-order valence-corrected chi connectivity index (χ2v) is 5.79. The average Bonchev–Trinajstić information content (AvgIpc) is 2.47. The third-order valence-corrected chi connectivity index (χ3v) is 3.66. The Labute approximate surface area is 135 Å². The zero-order chi connectivity index (χ0) is 16.6. The topological polar surface area (TPSA) is 38.4 Å². The summed E-state index contributed by atoms with van der Waals surface area (Å²) in [6, 6.07) is 8.17. The maximum atomic E-state index is 6.44. The number of hydrogen-bond acceptors (Lipinski definition) is 2. The zero-order valence-corrected chi connectivity index (χ0v) is 14.4. The van der Waals surface area contributed by atoms with Gasteiger partial charge >= 0.3 is 0 Å². The largest absolute Gasteiger partial charge is 0.319 e. The molecule has 0 amide bonds. The lowest BCUT2D eigenvalue weighted by Gasteiger charge is -2.24. The molecule has 0 radical (unpaired) electrons. The molecule has 22 heavy (non-hydrogen) atoms. The van der Waals surface area contributed by atoms with Crippen molar-refractivity contribution in [2.24, 2.45) is 10.7 Å². The van der Waals surface area contributed by atoms with Gasteiger partial charge in [-0.05, 0) is 51.8 Å². The first-order valence-corrected chi connectivity index (χ1v) is 7.75. The lowest BCUT2D eigenvalue weighted by atomic mass is 9.88. The highest BCUT2D eigenvalue weighted by Crippen LogP contribution is 2.23. The lowest BCUT2D eigenvalue weighted by Crippen LogP contribution is -2.36. The van der Waals surface area contributed by atoms with E-state index in [0.717, 1.165) is 17.8 Å². The van der Waals surface area contributed by atoms with Crippen molar-refractivity contribution in [2.75, 3.05) is 0 Å². The molecule has 0 aromatic heterocycles. The fraction of sp³-hybridized carbons (Fsp3) is 0.350. The Bertz CT molecular complexity index is 602. The third-order valence-electron chi connectivity index (χ3n) is 3.66. The number of aryl methyl sites for hydroxylation is 1. The molecule has 2 N–H and O–H groups in total. The molecule has 1 unspecified atom stereocenters. The van der Waals surface area contributed by atoms with E-state index in [1.54, 1.807) is 0 Å². The standard InChI is InChI=1S/C20H28N2/c1-6-8-11-14-20(5,21)18(7-2)15-17(4)22-19-13-10-9-12-16(19)3/h6-14H,15,21H2,1-5H3/b8-6-,14-11-,18-7-,22-17?. The van der Waals surface area contributed by atoms with Gasteiger partial charge in [0.1, 0.15) is 0 Å². The van der Waals surface area contributed by atoms with E-state index in [4.69, 9.17) is 10.7 Å². The van der Waals surface area contributed by atoms with Gasteiger partial charge in [-0.2, -0.15) is 0 Å². The fourth-order valence-electron chi connectivity index (χ4n) is 2.29. The molecule has 1 rings (SSSR count). The molecule has 0 heterocycles. The summed E-state index contributed by atoms with van der Waals surface area (Å²) in [6.45, 7) is 10.2. The Morgan fingerprint density at radius 2 is 1.91 bits per heavy atom. The van der Waals surface area contributed by atoms with Crippen LogP contribution < -0.4 is 5.73 Å². The Kier molecular flexibility index (Phi) is 7.00. The van der Waals surface area contributed by atoms with E-state index in [9.17, 15) is 0 Å². The van der Waals surface area contributed by atoms with Crippen molar-refractivity contribution in [1.29, 1.82) is 0 Å². The van der Waals surface area contributed by atoms with Gasteiger partial charge in [0.25, 0.3) is 0 Å². The van der Waals surface area contributed by atoms with Crippen molar-refractivity contribution in [1.82, 2.24) is 0 Å². The second kappa shape index (κ2) is 8.50. The molecule has 0 spiro atoms. The van der Waals surface area contributed by atoms with E-state index in [0.29, 0.717) is 0 Å². The van der Waals surface area contributed by atoms with Crippen LogP contribution in [0.2, 0.25) is 0 Å². The predicted molar refractivity (Wildman–Crippen MR) is 98.9 cm³/mol. The van der Waals surface area contributed by atoms with Crippen LogP contribution >= 0.6 is 0 Å². The van der Waals surface area contributed by atoms with Gasteiger partial charge in [-0.3, -0.25) is 4.99 Å². The summed E-state index contributed by atoms with van der Waals surface area (Å²) in [7, 11) is 0. The molecule has 0 bridgehead atoms. The number of allylic oxidation sites excluding steroid dienone is 4. The summed E-state index contributed by atoms with van der Waals surface area (Å²) in [6.07, 6.45) is 10.9. The van der Waals surface area contributed by atoms with Gasteiger partial charge in [-0.25, -0.2) is 0 Å². The minimum absolute atomic E-state index is 0.462. The summed E-state index contributed by atoms with van der Waals surface area (Å²) in [4.78, 5) is 4.74. The van der Waals surface area contributed by atoms with Crippen LogP contribution in [0.4, 0.5) is 5.69 Å². The molecule has 0 aliphatic rings. The van der Waals surface area contributed by atoms with Crippen molar-refractivity contribution >= 4 is 11.4 Å². The molecule has 0 saturated carbocycles. The molecule has 2 heteroatoms. The van der Waals surface area contributed by atoms with Crippen LogP contribution in [-0.2, 0) is 0 Å². The number of nitrogens with two attached hydrogens (primary N) is 1. The lowest BCUT2D eigenvalue weighted by molar-refractivity contribution is 0.672. The second-order valence-electron chi connectivity index (χ2n) is 5.79. The highest BCUT2D eigenvalue weighted by atomic mass is 14.8. The molecule has 0 fully saturated rings. The van der Waals surface area contributed by atoms with Crippen LogP contribution in [0.3, 0.4) is 0 Å². The first-order valence-electron chi connectivity index (χ1n) is 7.75. The van der Waals surface area contributed by atoms with E-state index >= 15 is 0 Å². The highest BCUT2D eigenvalue weighted by molar-refractivity contribution is 5.87. The van der Waals surface area contributed by atoms with Crippen LogP contribution in [0, 0.1) is 6.92 Å². The Hall–Kier alpha value is -1.93. The summed E-state index contributed by atoms with van der Waals surface area (Å²) in [5.41, 5.74) is 10.4. The van der Waals surface area contributed by atoms with Crippen LogP contribution in [0.1, 0.15) is 39.7 Å². The van der Waals surface area contributed by atoms with Gasteiger partial charge in [-0.1, -0.05) is 48.6 Å². The van der Waals surface area contributed by atoms with E-state index in [2.05, 4.69) is 26.0 Å². The number of para-hydroxylation sites is 1. The molecule has 0 saturated heterocycles. The molecule has 1 atom stereocenters. The summed E-state index contributed by atoms with van der Waals surface area (Å²) in [5, 5.41) is 0. The smallest absolute Gasteiger partial charge is 0.0658 e. The fourth-order valence-corrected chi connectivity index (χ4v) is 2.29. The molecule has 118 valence electrons. The van der Waals surface area contributed by atoms with Crippen molar-refractivity contribution in [3.8, 4) is 0 Å². The summed E-state index contributed by atoms with van der Waals surface area (Å²) >= 11 is 0. The quantitative estimate of drug-likeness (QED) is 0.433. The number of aliphatic imine (C=N–C) groups is 1. The Morgan fingerprint density at radius 3 is 2.50 bits per heavy atom. The van der Waals surface area contributed by atoms with Crippen molar-refractivity contribution in [3.05, 3.63) is 65.8 Å². The zero-order valence-electron chi connectivity index (χ0n) is 14.4. The first-order chi connectivity index (χ1) is 10.4. The average molecular weight is 296 g/mol. The highest BCUT2D eigenvalue weighted by Gasteiger charge is 2.20. The summed E-state index contributed by atoms with van der Waals surface area (Å²) < 4.78 is 0. The van der Waals surface area contributed by atoms with E-state index < -0.39 is 5.54 Å². The van der Waals surface area contributed by atoms with Gasteiger partial charge in [0.15, 0.2) is 0 Å². The number of rotatable bonds is 6. The van der Waals surface area contributed by atoms with E-state index in [1.165, 1.54) is 11.1 Å². The third kappa shape index (κ3) is 5.45. The van der Waals surface area contributed by atoms with Crippen LogP contribution in [0.5, 0.6) is 0 Å². The van der Waals surface area contributed by atoms with Crippen LogP contribution in [0.15, 0.2) is 65.2 Å². The van der Waals surface area contributed by atoms with Crippen molar-refractivity contribution in [2.45, 2.75) is 46.6 Å². The van der Waals surface area contributed by atoms with Gasteiger partial charge in [0.2, 0.25) is 0 Å². The minimum Gasteiger partial charge on any atom is -0.319 e. The molecule has 0 aliphatic carbocycles. The van der Waals surface area contributed by atoms with Crippen LogP contribution in [-0.4, -0.2) is 11.3 Å². The molecule has 1 aromatic carbocycles. The van der Waals surface area contributed by atoms with Gasteiger partial charge in [-0.15, -0.1) is 0 Å². The molecule has 0 aliphatic heterocycles. The van der Waals surface area contributed by atoms with Crippen molar-refractivity contribution < 1.29 is 0 Å². The predicted octanol–water partition coefficient (Wildman–Crippen LogP) is 5.27. The SMILES string of the molecule is C/C=C\C=C/C(C)(N)/C(=C\C)CC(C)=Nc1ccccc1C. The number of nitrogens with zero attached hydrogens (tertiary/aromatic N) is 1. The molecule has 2 nitrogen and oxygen atoms in total. The van der Waals surface area contributed by atoms with Gasteiger partial charge < -0.3 is 5.73 Å². The molecule has 1 aromatic rings. The minimum atomic E-state index is -0.462. The number of benzene rings is 1. The normalized spacial score (nSPS) is 16.5. The monoisotopic (exact) mass is 296 g/mol. The molecular formula is C20H28N2. The maximum absolute atomic E-state index is 6.44. The van der Waals surface area contributed by atoms with Crippen molar-refractivity contribution in [3.63, 3.8) is 0 Å².